The number of anilines is 2. The van der Waals surface area contributed by atoms with Crippen LogP contribution < -0.4 is 16.2 Å². The van der Waals surface area contributed by atoms with Gasteiger partial charge in [0.05, 0.1) is 6.54 Å². The molecule has 2 amide bonds. The van der Waals surface area contributed by atoms with Crippen LogP contribution in [-0.2, 0) is 11.3 Å². The van der Waals surface area contributed by atoms with E-state index in [9.17, 15) is 14.4 Å². The van der Waals surface area contributed by atoms with Crippen LogP contribution in [0.25, 0.3) is 0 Å². The molecule has 0 saturated heterocycles. The van der Waals surface area contributed by atoms with Gasteiger partial charge in [0.15, 0.2) is 5.13 Å². The Hall–Kier alpha value is -3.33. The molecule has 0 spiro atoms. The Labute approximate surface area is 165 Å². The largest absolute Gasteiger partial charge is 0.321 e. The smallest absolute Gasteiger partial charge is 0.276 e. The van der Waals surface area contributed by atoms with Crippen molar-refractivity contribution in [2.75, 3.05) is 10.6 Å². The Morgan fingerprint density at radius 1 is 1.11 bits per heavy atom. The van der Waals surface area contributed by atoms with Crippen LogP contribution in [0.3, 0.4) is 0 Å². The summed E-state index contributed by atoms with van der Waals surface area (Å²) in [6, 6.07) is 8.22. The molecule has 0 atom stereocenters. The lowest BCUT2D eigenvalue weighted by Crippen LogP contribution is -2.28. The number of thiazole rings is 1. The Morgan fingerprint density at radius 3 is 2.64 bits per heavy atom. The summed E-state index contributed by atoms with van der Waals surface area (Å²) in [6.07, 6.45) is 1.62. The predicted octanol–water partition coefficient (Wildman–Crippen LogP) is 2.60. The summed E-state index contributed by atoms with van der Waals surface area (Å²) >= 11 is 1.30. The van der Waals surface area contributed by atoms with Crippen molar-refractivity contribution < 1.29 is 9.59 Å². The minimum absolute atomic E-state index is 0.0364. The van der Waals surface area contributed by atoms with Gasteiger partial charge in [0.2, 0.25) is 5.91 Å². The van der Waals surface area contributed by atoms with Gasteiger partial charge in [-0.05, 0) is 43.2 Å². The first-order valence-corrected chi connectivity index (χ1v) is 9.46. The number of rotatable bonds is 6. The molecule has 0 radical (unpaired) electrons. The van der Waals surface area contributed by atoms with Crippen LogP contribution in [0.2, 0.25) is 0 Å². The molecule has 9 heteroatoms. The Bertz CT molecular complexity index is 1060. The van der Waals surface area contributed by atoms with E-state index < -0.39 is 5.91 Å². The number of nitrogens with one attached hydrogen (secondary N) is 2. The summed E-state index contributed by atoms with van der Waals surface area (Å²) in [7, 11) is 0. The number of aromatic nitrogens is 3. The maximum atomic E-state index is 12.4. The molecule has 3 rings (SSSR count). The van der Waals surface area contributed by atoms with Crippen molar-refractivity contribution in [3.8, 4) is 0 Å². The van der Waals surface area contributed by atoms with Gasteiger partial charge in [-0.3, -0.25) is 14.4 Å². The number of hydrogen-bond acceptors (Lipinski definition) is 6. The van der Waals surface area contributed by atoms with E-state index in [0.29, 0.717) is 10.8 Å². The zero-order chi connectivity index (χ0) is 20.1. The first-order valence-electron chi connectivity index (χ1n) is 8.58. The van der Waals surface area contributed by atoms with Gasteiger partial charge in [-0.25, -0.2) is 9.67 Å². The normalized spacial score (nSPS) is 10.5. The van der Waals surface area contributed by atoms with Crippen molar-refractivity contribution in [3.63, 3.8) is 0 Å². The number of benzene rings is 1. The lowest BCUT2D eigenvalue weighted by Gasteiger charge is -2.09. The van der Waals surface area contributed by atoms with Crippen molar-refractivity contribution in [2.45, 2.75) is 26.8 Å². The molecule has 0 saturated carbocycles. The first-order chi connectivity index (χ1) is 13.4. The second-order valence-electron chi connectivity index (χ2n) is 6.17. The molecule has 0 bridgehead atoms. The van der Waals surface area contributed by atoms with Crippen molar-refractivity contribution >= 4 is 34.0 Å². The van der Waals surface area contributed by atoms with Crippen molar-refractivity contribution in [1.29, 1.82) is 0 Å². The highest BCUT2D eigenvalue weighted by Crippen LogP contribution is 2.15. The van der Waals surface area contributed by atoms with Gasteiger partial charge in [-0.15, -0.1) is 11.3 Å². The van der Waals surface area contributed by atoms with E-state index in [4.69, 9.17) is 0 Å². The quantitative estimate of drug-likeness (QED) is 0.665. The topological polar surface area (TPSA) is 106 Å². The van der Waals surface area contributed by atoms with Crippen LogP contribution in [-0.4, -0.2) is 26.6 Å². The summed E-state index contributed by atoms with van der Waals surface area (Å²) in [5.41, 5.74) is 2.54. The molecular weight excluding hydrogens is 378 g/mol. The number of carbonyl (C=O) groups is 2. The van der Waals surface area contributed by atoms with E-state index in [0.717, 1.165) is 15.8 Å². The second kappa shape index (κ2) is 8.57. The molecule has 1 aromatic carbocycles. The molecule has 0 aliphatic heterocycles. The number of aryl methyl sites for hydroxylation is 3. The predicted molar refractivity (Wildman–Crippen MR) is 108 cm³/mol. The van der Waals surface area contributed by atoms with Gasteiger partial charge in [-0.1, -0.05) is 6.07 Å². The van der Waals surface area contributed by atoms with E-state index in [2.05, 4.69) is 20.7 Å². The van der Waals surface area contributed by atoms with Crippen LogP contribution in [0.4, 0.5) is 10.8 Å². The number of nitrogens with zero attached hydrogens (tertiary/aromatic N) is 3. The molecular formula is C19H19N5O3S. The number of hydrogen-bond donors (Lipinski definition) is 2. The third-order valence-corrected chi connectivity index (χ3v) is 4.78. The third kappa shape index (κ3) is 4.89. The molecule has 2 N–H and O–H groups in total. The third-order valence-electron chi connectivity index (χ3n) is 4.09. The number of amides is 2. The van der Waals surface area contributed by atoms with E-state index in [1.165, 1.54) is 23.5 Å². The fourth-order valence-electron chi connectivity index (χ4n) is 2.42. The van der Waals surface area contributed by atoms with Crippen molar-refractivity contribution in [2.24, 2.45) is 0 Å². The maximum Gasteiger partial charge on any atom is 0.276 e. The standard InChI is InChI=1S/C19H19N5O3S/c1-12-3-4-14(11-13(12)2)21-18(27)15-5-6-17(26)24(23-15)9-7-16(25)22-19-20-8-10-28-19/h3-6,8,10-11H,7,9H2,1-2H3,(H,21,27)(H,20,22,25). The van der Waals surface area contributed by atoms with Crippen LogP contribution in [0, 0.1) is 13.8 Å². The van der Waals surface area contributed by atoms with Gasteiger partial charge in [0.1, 0.15) is 5.69 Å². The van der Waals surface area contributed by atoms with Gasteiger partial charge in [0, 0.05) is 29.8 Å². The molecule has 0 aliphatic rings. The van der Waals surface area contributed by atoms with Crippen LogP contribution >= 0.6 is 11.3 Å². The Balaban J connectivity index is 1.66. The molecule has 2 aromatic heterocycles. The van der Waals surface area contributed by atoms with Gasteiger partial charge >= 0.3 is 0 Å². The minimum atomic E-state index is -0.427. The van der Waals surface area contributed by atoms with Gasteiger partial charge in [0.25, 0.3) is 11.5 Å². The zero-order valence-electron chi connectivity index (χ0n) is 15.4. The van der Waals surface area contributed by atoms with E-state index in [-0.39, 0.29) is 30.1 Å². The molecule has 0 aliphatic carbocycles. The van der Waals surface area contributed by atoms with Crippen LogP contribution in [0.15, 0.2) is 46.7 Å². The average Bonchev–Trinajstić information content (AvgIpc) is 3.17. The highest BCUT2D eigenvalue weighted by atomic mass is 32.1. The molecule has 144 valence electrons. The van der Waals surface area contributed by atoms with E-state index in [1.807, 2.05) is 26.0 Å². The zero-order valence-corrected chi connectivity index (χ0v) is 16.2. The second-order valence-corrected chi connectivity index (χ2v) is 7.06. The highest BCUT2D eigenvalue weighted by Gasteiger charge is 2.12. The monoisotopic (exact) mass is 397 g/mol. The fraction of sp³-hybridized carbons (Fsp3) is 0.211. The summed E-state index contributed by atoms with van der Waals surface area (Å²) in [5.74, 6) is -0.710. The van der Waals surface area contributed by atoms with Gasteiger partial charge in [-0.2, -0.15) is 5.10 Å². The van der Waals surface area contributed by atoms with E-state index in [1.54, 1.807) is 17.6 Å². The van der Waals surface area contributed by atoms with Crippen LogP contribution in [0.1, 0.15) is 28.0 Å². The summed E-state index contributed by atoms with van der Waals surface area (Å²) < 4.78 is 1.11. The molecule has 28 heavy (non-hydrogen) atoms. The molecule has 2 heterocycles. The average molecular weight is 397 g/mol. The molecule has 8 nitrogen and oxygen atoms in total. The van der Waals surface area contributed by atoms with Crippen molar-refractivity contribution in [1.82, 2.24) is 14.8 Å². The summed E-state index contributed by atoms with van der Waals surface area (Å²) in [4.78, 5) is 40.4. The Morgan fingerprint density at radius 2 is 1.93 bits per heavy atom. The summed E-state index contributed by atoms with van der Waals surface area (Å²) in [6.45, 7) is 4.00. The SMILES string of the molecule is Cc1ccc(NC(=O)c2ccc(=O)n(CCC(=O)Nc3nccs3)n2)cc1C. The van der Waals surface area contributed by atoms with Gasteiger partial charge < -0.3 is 10.6 Å². The number of carbonyl (C=O) groups excluding carboxylic acids is 2. The maximum absolute atomic E-state index is 12.4. The summed E-state index contributed by atoms with van der Waals surface area (Å²) in [5, 5.41) is 11.7. The Kier molecular flexibility index (Phi) is 5.95. The minimum Gasteiger partial charge on any atom is -0.321 e. The highest BCUT2D eigenvalue weighted by molar-refractivity contribution is 7.13. The lowest BCUT2D eigenvalue weighted by molar-refractivity contribution is -0.116. The van der Waals surface area contributed by atoms with E-state index >= 15 is 0 Å². The van der Waals surface area contributed by atoms with Crippen LogP contribution in [0.5, 0.6) is 0 Å². The molecule has 0 unspecified atom stereocenters. The first kappa shape index (κ1) is 19.4. The van der Waals surface area contributed by atoms with Crippen molar-refractivity contribution in [3.05, 3.63) is 69.1 Å². The molecule has 3 aromatic rings. The lowest BCUT2D eigenvalue weighted by atomic mass is 10.1. The molecule has 0 fully saturated rings. The fourth-order valence-corrected chi connectivity index (χ4v) is 2.96.